The van der Waals surface area contributed by atoms with Crippen LogP contribution in [0.2, 0.25) is 0 Å². The predicted octanol–water partition coefficient (Wildman–Crippen LogP) is 0.656. The van der Waals surface area contributed by atoms with E-state index < -0.39 is 35.9 Å². The minimum atomic E-state index is -1.24. The highest BCUT2D eigenvalue weighted by molar-refractivity contribution is 5.92. The van der Waals surface area contributed by atoms with Gasteiger partial charge in [-0.25, -0.2) is 4.79 Å². The lowest BCUT2D eigenvalue weighted by Gasteiger charge is -2.23. The van der Waals surface area contributed by atoms with Crippen LogP contribution < -0.4 is 16.0 Å². The van der Waals surface area contributed by atoms with Gasteiger partial charge in [-0.2, -0.15) is 0 Å². The molecule has 0 fully saturated rings. The van der Waals surface area contributed by atoms with E-state index in [1.54, 1.807) is 31.3 Å². The van der Waals surface area contributed by atoms with Crippen LogP contribution in [0.4, 0.5) is 0 Å². The van der Waals surface area contributed by atoms with Crippen molar-refractivity contribution in [3.8, 4) is 22.6 Å². The van der Waals surface area contributed by atoms with E-state index >= 15 is 0 Å². The van der Waals surface area contributed by atoms with Gasteiger partial charge in [-0.05, 0) is 49.4 Å². The Balaban J connectivity index is 2.19. The largest absolute Gasteiger partial charge is 0.507 e. The van der Waals surface area contributed by atoms with Gasteiger partial charge in [0, 0.05) is 17.5 Å². The molecule has 0 radical (unpaired) electrons. The zero-order chi connectivity index (χ0) is 22.0. The first-order valence-corrected chi connectivity index (χ1v) is 9.37. The second-order valence-corrected chi connectivity index (χ2v) is 7.18. The Bertz CT molecular complexity index is 1010. The van der Waals surface area contributed by atoms with Crippen LogP contribution in [0.15, 0.2) is 36.4 Å². The first-order chi connectivity index (χ1) is 14.2. The Morgan fingerprint density at radius 3 is 2.27 bits per heavy atom. The summed E-state index contributed by atoms with van der Waals surface area (Å²) in [5, 5.41) is 38.1. The summed E-state index contributed by atoms with van der Waals surface area (Å²) < 4.78 is 0. The summed E-state index contributed by atoms with van der Waals surface area (Å²) in [6.45, 7) is 1.46. The van der Waals surface area contributed by atoms with Crippen LogP contribution in [-0.4, -0.2) is 52.2 Å². The zero-order valence-electron chi connectivity index (χ0n) is 16.5. The molecule has 0 saturated carbocycles. The fourth-order valence-electron chi connectivity index (χ4n) is 3.42. The predicted molar refractivity (Wildman–Crippen MR) is 108 cm³/mol. The number of carbonyl (C=O) groups is 3. The van der Waals surface area contributed by atoms with E-state index in [0.29, 0.717) is 16.7 Å². The Hall–Kier alpha value is -3.59. The molecule has 0 aromatic heterocycles. The lowest BCUT2D eigenvalue weighted by atomic mass is 9.94. The maximum Gasteiger partial charge on any atom is 0.326 e. The highest BCUT2D eigenvalue weighted by atomic mass is 16.4. The Morgan fingerprint density at radius 2 is 1.63 bits per heavy atom. The van der Waals surface area contributed by atoms with Crippen molar-refractivity contribution < 1.29 is 29.7 Å². The third-order valence-electron chi connectivity index (χ3n) is 5.06. The number of carboxylic acid groups (broad SMARTS) is 1. The lowest BCUT2D eigenvalue weighted by molar-refractivity contribution is -0.142. The molecular formula is C21H23N3O6. The fourth-order valence-corrected chi connectivity index (χ4v) is 3.42. The number of carbonyl (C=O) groups excluding carboxylic acids is 2. The van der Waals surface area contributed by atoms with E-state index in [-0.39, 0.29) is 23.5 Å². The molecule has 1 heterocycles. The maximum atomic E-state index is 12.7. The van der Waals surface area contributed by atoms with E-state index in [0.717, 1.165) is 0 Å². The van der Waals surface area contributed by atoms with Crippen molar-refractivity contribution in [1.82, 2.24) is 16.0 Å². The minimum Gasteiger partial charge on any atom is -0.507 e. The molecular weight excluding hydrogens is 390 g/mol. The average Bonchev–Trinajstić information content (AvgIpc) is 2.69. The van der Waals surface area contributed by atoms with Gasteiger partial charge in [0.1, 0.15) is 29.6 Å². The number of benzene rings is 2. The smallest absolute Gasteiger partial charge is 0.326 e. The van der Waals surface area contributed by atoms with Crippen molar-refractivity contribution in [1.29, 1.82) is 0 Å². The molecule has 0 unspecified atom stereocenters. The Labute approximate surface area is 172 Å². The normalized spacial score (nSPS) is 21.9. The minimum absolute atomic E-state index is 0.0470. The van der Waals surface area contributed by atoms with Crippen molar-refractivity contribution in [3.63, 3.8) is 0 Å². The molecule has 1 aliphatic rings. The Morgan fingerprint density at radius 1 is 1.00 bits per heavy atom. The SMILES string of the molecule is CN[C@@H]1C(=O)N[C@@H](C)C(=O)N[C@H](C(=O)O)Cc2ccc(O)c(c2)-c2cc1ccc2O. The van der Waals surface area contributed by atoms with Crippen molar-refractivity contribution in [2.75, 3.05) is 7.05 Å². The molecule has 2 aromatic carbocycles. The molecule has 1 aliphatic heterocycles. The first-order valence-electron chi connectivity index (χ1n) is 9.37. The molecule has 6 N–H and O–H groups in total. The molecule has 3 atom stereocenters. The highest BCUT2D eigenvalue weighted by Gasteiger charge is 2.28. The number of aliphatic carboxylic acids is 1. The first kappa shape index (κ1) is 21.1. The quantitative estimate of drug-likeness (QED) is 0.424. The fraction of sp³-hybridized carbons (Fsp3) is 0.286. The summed E-state index contributed by atoms with van der Waals surface area (Å²) >= 11 is 0. The van der Waals surface area contributed by atoms with Crippen LogP contribution in [0.5, 0.6) is 11.5 Å². The zero-order valence-corrected chi connectivity index (χ0v) is 16.5. The number of aromatic hydroxyl groups is 2. The highest BCUT2D eigenvalue weighted by Crippen LogP contribution is 2.37. The van der Waals surface area contributed by atoms with E-state index in [9.17, 15) is 29.7 Å². The molecule has 9 heteroatoms. The summed E-state index contributed by atoms with van der Waals surface area (Å²) in [5.74, 6) is -2.59. The molecule has 30 heavy (non-hydrogen) atoms. The summed E-state index contributed by atoms with van der Waals surface area (Å²) in [4.78, 5) is 36.9. The van der Waals surface area contributed by atoms with Crippen molar-refractivity contribution in [2.24, 2.45) is 0 Å². The van der Waals surface area contributed by atoms with Crippen molar-refractivity contribution >= 4 is 17.8 Å². The topological polar surface area (TPSA) is 148 Å². The molecule has 2 amide bonds. The van der Waals surface area contributed by atoms with Gasteiger partial charge in [-0.3, -0.25) is 9.59 Å². The molecule has 3 rings (SSSR count). The van der Waals surface area contributed by atoms with Crippen LogP contribution in [-0.2, 0) is 20.8 Å². The average molecular weight is 413 g/mol. The van der Waals surface area contributed by atoms with E-state index in [4.69, 9.17) is 0 Å². The monoisotopic (exact) mass is 413 g/mol. The van der Waals surface area contributed by atoms with Gasteiger partial charge in [0.05, 0.1) is 0 Å². The van der Waals surface area contributed by atoms with Crippen LogP contribution >= 0.6 is 0 Å². The summed E-state index contributed by atoms with van der Waals surface area (Å²) in [7, 11) is 1.57. The third-order valence-corrected chi connectivity index (χ3v) is 5.06. The van der Waals surface area contributed by atoms with Gasteiger partial charge >= 0.3 is 5.97 Å². The number of phenols is 2. The standard InChI is InChI=1S/C21H23N3O6/c1-10-19(27)24-15(21(29)30)8-11-3-5-16(25)13(7-11)14-9-12(4-6-17(14)26)18(22-2)20(28)23-10/h3-7,9-10,15,18,22,25-26H,8H2,1-2H3,(H,23,28)(H,24,27)(H,29,30)/t10-,15-,18-/m0/s1. The van der Waals surface area contributed by atoms with Crippen LogP contribution in [0.3, 0.4) is 0 Å². The number of nitrogens with one attached hydrogen (secondary N) is 3. The molecule has 0 saturated heterocycles. The summed E-state index contributed by atoms with van der Waals surface area (Å²) in [6.07, 6.45) is -0.0470. The van der Waals surface area contributed by atoms with Crippen molar-refractivity contribution in [2.45, 2.75) is 31.5 Å². The molecule has 0 aliphatic carbocycles. The number of carboxylic acids is 1. The summed E-state index contributed by atoms with van der Waals surface area (Å²) in [6, 6.07) is 6.00. The van der Waals surface area contributed by atoms with E-state index in [2.05, 4.69) is 16.0 Å². The lowest BCUT2D eigenvalue weighted by Crippen LogP contribution is -2.52. The van der Waals surface area contributed by atoms with Gasteiger partial charge in [-0.15, -0.1) is 0 Å². The second-order valence-electron chi connectivity index (χ2n) is 7.18. The second kappa shape index (κ2) is 8.42. The van der Waals surface area contributed by atoms with Gasteiger partial charge in [0.2, 0.25) is 11.8 Å². The molecule has 4 bridgehead atoms. The summed E-state index contributed by atoms with van der Waals surface area (Å²) in [5.41, 5.74) is 1.63. The Kier molecular flexibility index (Phi) is 5.93. The number of phenolic OH excluding ortho intramolecular Hbond substituents is 2. The molecule has 2 aromatic rings. The van der Waals surface area contributed by atoms with Crippen LogP contribution in [0, 0.1) is 0 Å². The molecule has 9 nitrogen and oxygen atoms in total. The number of hydrogen-bond acceptors (Lipinski definition) is 6. The van der Waals surface area contributed by atoms with Crippen LogP contribution in [0.25, 0.3) is 11.1 Å². The number of hydrogen-bond donors (Lipinski definition) is 6. The third kappa shape index (κ3) is 4.20. The number of rotatable bonds is 2. The number of fused-ring (bicyclic) bond motifs is 5. The van der Waals surface area contributed by atoms with Gasteiger partial charge in [0.25, 0.3) is 0 Å². The van der Waals surface area contributed by atoms with Crippen LogP contribution in [0.1, 0.15) is 24.1 Å². The maximum absolute atomic E-state index is 12.7. The van der Waals surface area contributed by atoms with Gasteiger partial charge in [0.15, 0.2) is 0 Å². The van der Waals surface area contributed by atoms with E-state index in [1.165, 1.54) is 19.1 Å². The van der Waals surface area contributed by atoms with E-state index in [1.807, 2.05) is 0 Å². The van der Waals surface area contributed by atoms with Crippen molar-refractivity contribution in [3.05, 3.63) is 47.5 Å². The molecule has 158 valence electrons. The molecule has 0 spiro atoms. The number of likely N-dealkylation sites (N-methyl/N-ethyl adjacent to an activating group) is 1. The van der Waals surface area contributed by atoms with Gasteiger partial charge < -0.3 is 31.3 Å². The number of amides is 2. The van der Waals surface area contributed by atoms with Gasteiger partial charge in [-0.1, -0.05) is 12.1 Å².